The van der Waals surface area contributed by atoms with Gasteiger partial charge in [0.15, 0.2) is 0 Å². The molecule has 1 aromatic carbocycles. The number of thioether (sulfide) groups is 1. The number of hydrogen-bond acceptors (Lipinski definition) is 2. The summed E-state index contributed by atoms with van der Waals surface area (Å²) in [4.78, 5) is 10.9. The predicted octanol–water partition coefficient (Wildman–Crippen LogP) is 1.42. The molecule has 1 heterocycles. The van der Waals surface area contributed by atoms with Crippen LogP contribution in [0.15, 0.2) is 30.3 Å². The third-order valence-electron chi connectivity index (χ3n) is 2.05. The van der Waals surface area contributed by atoms with Gasteiger partial charge in [-0.05, 0) is 5.56 Å². The van der Waals surface area contributed by atoms with E-state index in [0.29, 0.717) is 0 Å². The molecule has 2 rings (SSSR count). The SMILES string of the molecule is O=C1NCC1SCc1ccccc1. The van der Waals surface area contributed by atoms with E-state index in [1.54, 1.807) is 11.8 Å². The van der Waals surface area contributed by atoms with Gasteiger partial charge in [-0.15, -0.1) is 11.8 Å². The van der Waals surface area contributed by atoms with E-state index in [0.717, 1.165) is 12.3 Å². The van der Waals surface area contributed by atoms with Gasteiger partial charge in [-0.3, -0.25) is 4.79 Å². The molecule has 1 N–H and O–H groups in total. The van der Waals surface area contributed by atoms with E-state index in [1.165, 1.54) is 5.56 Å². The van der Waals surface area contributed by atoms with Crippen LogP contribution in [0.3, 0.4) is 0 Å². The van der Waals surface area contributed by atoms with Gasteiger partial charge in [0.25, 0.3) is 0 Å². The van der Waals surface area contributed by atoms with Crippen LogP contribution in [0, 0.1) is 0 Å². The number of carbonyl (C=O) groups excluding carboxylic acids is 1. The summed E-state index contributed by atoms with van der Waals surface area (Å²) in [6.07, 6.45) is 0. The van der Waals surface area contributed by atoms with Crippen LogP contribution in [0.2, 0.25) is 0 Å². The van der Waals surface area contributed by atoms with Gasteiger partial charge in [-0.25, -0.2) is 0 Å². The minimum absolute atomic E-state index is 0.181. The Bertz CT molecular complexity index is 299. The summed E-state index contributed by atoms with van der Waals surface area (Å²) in [6.45, 7) is 0.830. The summed E-state index contributed by atoms with van der Waals surface area (Å²) < 4.78 is 0. The van der Waals surface area contributed by atoms with E-state index in [4.69, 9.17) is 0 Å². The van der Waals surface area contributed by atoms with Crippen molar-refractivity contribution >= 4 is 17.7 Å². The van der Waals surface area contributed by atoms with Crippen LogP contribution in [0.5, 0.6) is 0 Å². The maximum absolute atomic E-state index is 10.9. The first-order chi connectivity index (χ1) is 6.36. The molecule has 1 aromatic rings. The smallest absolute Gasteiger partial charge is 0.234 e. The number of amides is 1. The van der Waals surface area contributed by atoms with Crippen molar-refractivity contribution in [2.45, 2.75) is 11.0 Å². The van der Waals surface area contributed by atoms with Crippen molar-refractivity contribution in [1.29, 1.82) is 0 Å². The average Bonchev–Trinajstić information content (AvgIpc) is 2.17. The fraction of sp³-hybridized carbons (Fsp3) is 0.300. The zero-order chi connectivity index (χ0) is 9.10. The molecule has 0 aliphatic carbocycles. The molecule has 0 spiro atoms. The number of β-lactam (4-membered cyclic amide) rings is 1. The van der Waals surface area contributed by atoms with Crippen molar-refractivity contribution < 1.29 is 4.79 Å². The molecule has 0 saturated carbocycles. The molecule has 1 unspecified atom stereocenters. The maximum atomic E-state index is 10.9. The molecule has 1 amide bonds. The minimum atomic E-state index is 0.181. The maximum Gasteiger partial charge on any atom is 0.234 e. The summed E-state index contributed by atoms with van der Waals surface area (Å²) in [5.41, 5.74) is 1.28. The normalized spacial score (nSPS) is 20.6. The molecular formula is C10H11NOS. The highest BCUT2D eigenvalue weighted by Crippen LogP contribution is 2.20. The second-order valence-electron chi connectivity index (χ2n) is 3.03. The van der Waals surface area contributed by atoms with Gasteiger partial charge in [-0.2, -0.15) is 0 Å². The fourth-order valence-electron chi connectivity index (χ4n) is 1.17. The molecule has 1 aliphatic heterocycles. The van der Waals surface area contributed by atoms with Crippen molar-refractivity contribution in [2.24, 2.45) is 0 Å². The average molecular weight is 193 g/mol. The van der Waals surface area contributed by atoms with Gasteiger partial charge < -0.3 is 5.32 Å². The molecular weight excluding hydrogens is 182 g/mol. The largest absolute Gasteiger partial charge is 0.353 e. The summed E-state index contributed by atoms with van der Waals surface area (Å²) in [5, 5.41) is 2.92. The quantitative estimate of drug-likeness (QED) is 0.735. The second-order valence-corrected chi connectivity index (χ2v) is 4.22. The molecule has 1 saturated heterocycles. The first-order valence-corrected chi connectivity index (χ1v) is 5.34. The van der Waals surface area contributed by atoms with Crippen LogP contribution >= 0.6 is 11.8 Å². The van der Waals surface area contributed by atoms with E-state index < -0.39 is 0 Å². The Labute approximate surface area is 81.7 Å². The lowest BCUT2D eigenvalue weighted by atomic mass is 10.2. The van der Waals surface area contributed by atoms with E-state index in [9.17, 15) is 4.79 Å². The summed E-state index contributed by atoms with van der Waals surface area (Å²) >= 11 is 1.71. The van der Waals surface area contributed by atoms with Crippen molar-refractivity contribution in [2.75, 3.05) is 6.54 Å². The predicted molar refractivity (Wildman–Crippen MR) is 54.5 cm³/mol. The van der Waals surface area contributed by atoms with Gasteiger partial charge in [0, 0.05) is 12.3 Å². The molecule has 0 aromatic heterocycles. The Balaban J connectivity index is 1.83. The van der Waals surface area contributed by atoms with Crippen LogP contribution in [0.4, 0.5) is 0 Å². The lowest BCUT2D eigenvalue weighted by Gasteiger charge is -2.25. The van der Waals surface area contributed by atoms with Crippen LogP contribution in [-0.2, 0) is 10.5 Å². The van der Waals surface area contributed by atoms with Crippen LogP contribution in [0.1, 0.15) is 5.56 Å². The summed E-state index contributed by atoms with van der Waals surface area (Å²) in [5.74, 6) is 1.11. The monoisotopic (exact) mass is 193 g/mol. The van der Waals surface area contributed by atoms with Crippen LogP contribution in [0.25, 0.3) is 0 Å². The van der Waals surface area contributed by atoms with E-state index in [1.807, 2.05) is 18.2 Å². The number of hydrogen-bond donors (Lipinski definition) is 1. The molecule has 2 nitrogen and oxygen atoms in total. The Morgan fingerprint density at radius 3 is 2.69 bits per heavy atom. The van der Waals surface area contributed by atoms with Crippen molar-refractivity contribution in [3.63, 3.8) is 0 Å². The van der Waals surface area contributed by atoms with Gasteiger partial charge in [0.05, 0.1) is 0 Å². The third kappa shape index (κ3) is 2.04. The third-order valence-corrected chi connectivity index (χ3v) is 3.33. The molecule has 0 radical (unpaired) electrons. The van der Waals surface area contributed by atoms with E-state index in [2.05, 4.69) is 17.4 Å². The molecule has 68 valence electrons. The Morgan fingerprint density at radius 1 is 1.38 bits per heavy atom. The second kappa shape index (κ2) is 3.83. The van der Waals surface area contributed by atoms with Crippen molar-refractivity contribution in [3.8, 4) is 0 Å². The topological polar surface area (TPSA) is 29.1 Å². The molecule has 0 bridgehead atoms. The highest BCUT2D eigenvalue weighted by atomic mass is 32.2. The van der Waals surface area contributed by atoms with Gasteiger partial charge >= 0.3 is 0 Å². The number of nitrogens with one attached hydrogen (secondary N) is 1. The number of carbonyl (C=O) groups is 1. The molecule has 13 heavy (non-hydrogen) atoms. The summed E-state index contributed by atoms with van der Waals surface area (Å²) in [6, 6.07) is 10.2. The number of rotatable bonds is 3. The first kappa shape index (κ1) is 8.63. The van der Waals surface area contributed by atoms with E-state index in [-0.39, 0.29) is 11.2 Å². The van der Waals surface area contributed by atoms with Gasteiger partial charge in [0.2, 0.25) is 5.91 Å². The molecule has 1 aliphatic rings. The zero-order valence-corrected chi connectivity index (χ0v) is 8.01. The Kier molecular flexibility index (Phi) is 2.54. The molecule has 1 fully saturated rings. The minimum Gasteiger partial charge on any atom is -0.353 e. The van der Waals surface area contributed by atoms with E-state index >= 15 is 0 Å². The Morgan fingerprint density at radius 2 is 2.15 bits per heavy atom. The lowest BCUT2D eigenvalue weighted by Crippen LogP contribution is -2.51. The highest BCUT2D eigenvalue weighted by molar-refractivity contribution is 8.00. The highest BCUT2D eigenvalue weighted by Gasteiger charge is 2.27. The Hall–Kier alpha value is -0.960. The van der Waals surface area contributed by atoms with Gasteiger partial charge in [0.1, 0.15) is 5.25 Å². The lowest BCUT2D eigenvalue weighted by molar-refractivity contribution is -0.124. The van der Waals surface area contributed by atoms with Crippen LogP contribution in [-0.4, -0.2) is 17.7 Å². The van der Waals surface area contributed by atoms with Crippen molar-refractivity contribution in [1.82, 2.24) is 5.32 Å². The molecule has 3 heteroatoms. The zero-order valence-electron chi connectivity index (χ0n) is 7.19. The number of benzene rings is 1. The fourth-order valence-corrected chi connectivity index (χ4v) is 2.20. The van der Waals surface area contributed by atoms with Gasteiger partial charge in [-0.1, -0.05) is 30.3 Å². The first-order valence-electron chi connectivity index (χ1n) is 4.29. The standard InChI is InChI=1S/C10H11NOS/c12-10-9(6-11-10)13-7-8-4-2-1-3-5-8/h1-5,9H,6-7H2,(H,11,12). The summed E-state index contributed by atoms with van der Waals surface area (Å²) in [7, 11) is 0. The molecule has 1 atom stereocenters. The van der Waals surface area contributed by atoms with Crippen LogP contribution < -0.4 is 5.32 Å². The van der Waals surface area contributed by atoms with Crippen molar-refractivity contribution in [3.05, 3.63) is 35.9 Å².